The Morgan fingerprint density at radius 2 is 1.84 bits per heavy atom. The van der Waals surface area contributed by atoms with E-state index in [0.717, 1.165) is 12.8 Å². The van der Waals surface area contributed by atoms with Crippen LogP contribution in [0.3, 0.4) is 0 Å². The summed E-state index contributed by atoms with van der Waals surface area (Å²) in [5.74, 6) is 0.187. The fraction of sp³-hybridized carbons (Fsp3) is 0.846. The van der Waals surface area contributed by atoms with E-state index in [-0.39, 0.29) is 12.0 Å². The van der Waals surface area contributed by atoms with Crippen molar-refractivity contribution in [3.05, 3.63) is 0 Å². The van der Waals surface area contributed by atoms with Crippen LogP contribution in [0.15, 0.2) is 0 Å². The van der Waals surface area contributed by atoms with Crippen molar-refractivity contribution in [2.75, 3.05) is 20.2 Å². The number of rotatable bonds is 3. The van der Waals surface area contributed by atoms with Crippen LogP contribution in [0.4, 0.5) is 4.79 Å². The molecule has 2 amide bonds. The monoisotopic (exact) mass is 272 g/mol. The molecular formula is C13H24N2O4. The molecule has 0 spiro atoms. The molecule has 0 aromatic rings. The molecule has 0 aromatic heterocycles. The second-order valence-corrected chi connectivity index (χ2v) is 5.84. The van der Waals surface area contributed by atoms with E-state index in [0.29, 0.717) is 25.4 Å². The summed E-state index contributed by atoms with van der Waals surface area (Å²) >= 11 is 0. The highest BCUT2D eigenvalue weighted by Gasteiger charge is 2.27. The number of piperidine rings is 1. The van der Waals surface area contributed by atoms with Crippen LogP contribution in [-0.2, 0) is 14.4 Å². The van der Waals surface area contributed by atoms with Crippen LogP contribution in [0.1, 0.15) is 40.0 Å². The molecule has 0 saturated carbocycles. The van der Waals surface area contributed by atoms with Crippen LogP contribution in [-0.4, -0.2) is 42.7 Å². The first-order chi connectivity index (χ1) is 8.81. The number of carbonyl (C=O) groups is 2. The second-order valence-electron chi connectivity index (χ2n) is 5.84. The maximum absolute atomic E-state index is 11.8. The van der Waals surface area contributed by atoms with Crippen LogP contribution >= 0.6 is 0 Å². The molecule has 0 radical (unpaired) electrons. The molecule has 1 N–H and O–H groups in total. The maximum atomic E-state index is 11.8. The minimum Gasteiger partial charge on any atom is -0.444 e. The predicted molar refractivity (Wildman–Crippen MR) is 70.3 cm³/mol. The van der Waals surface area contributed by atoms with Crippen molar-refractivity contribution in [3.8, 4) is 0 Å². The number of hydroxylamine groups is 1. The Bertz CT molecular complexity index is 317. The van der Waals surface area contributed by atoms with Crippen molar-refractivity contribution in [1.82, 2.24) is 10.4 Å². The van der Waals surface area contributed by atoms with Gasteiger partial charge in [-0.15, -0.1) is 0 Å². The van der Waals surface area contributed by atoms with Gasteiger partial charge in [-0.05, 0) is 39.5 Å². The van der Waals surface area contributed by atoms with Gasteiger partial charge in [0.25, 0.3) is 0 Å². The maximum Gasteiger partial charge on any atom is 0.410 e. The molecule has 0 aromatic carbocycles. The van der Waals surface area contributed by atoms with E-state index in [4.69, 9.17) is 4.74 Å². The average molecular weight is 272 g/mol. The van der Waals surface area contributed by atoms with Gasteiger partial charge in [0.2, 0.25) is 5.91 Å². The number of nitrogens with zero attached hydrogens (tertiary/aromatic N) is 1. The highest BCUT2D eigenvalue weighted by molar-refractivity contribution is 5.75. The first-order valence-corrected chi connectivity index (χ1v) is 6.61. The van der Waals surface area contributed by atoms with Gasteiger partial charge in [0.15, 0.2) is 0 Å². The molecule has 1 rings (SSSR count). The van der Waals surface area contributed by atoms with E-state index in [2.05, 4.69) is 10.3 Å². The molecule has 1 fully saturated rings. The highest BCUT2D eigenvalue weighted by atomic mass is 16.6. The van der Waals surface area contributed by atoms with E-state index < -0.39 is 5.60 Å². The Labute approximate surface area is 114 Å². The average Bonchev–Trinajstić information content (AvgIpc) is 2.27. The summed E-state index contributed by atoms with van der Waals surface area (Å²) in [5.41, 5.74) is 1.85. The van der Waals surface area contributed by atoms with Gasteiger partial charge in [0.05, 0.1) is 7.11 Å². The lowest BCUT2D eigenvalue weighted by molar-refractivity contribution is -0.132. The Morgan fingerprint density at radius 1 is 1.26 bits per heavy atom. The van der Waals surface area contributed by atoms with Crippen molar-refractivity contribution in [2.24, 2.45) is 5.92 Å². The SMILES string of the molecule is CONC(=O)CC1CCN(C(=O)OC(C)(C)C)CC1. The summed E-state index contributed by atoms with van der Waals surface area (Å²) in [6.45, 7) is 6.84. The number of carbonyl (C=O) groups excluding carboxylic acids is 2. The molecule has 0 bridgehead atoms. The van der Waals surface area contributed by atoms with Crippen LogP contribution in [0.2, 0.25) is 0 Å². The summed E-state index contributed by atoms with van der Waals surface area (Å²) in [5, 5.41) is 0. The minimum atomic E-state index is -0.466. The Kier molecular flexibility index (Phi) is 5.60. The van der Waals surface area contributed by atoms with Crippen molar-refractivity contribution in [2.45, 2.75) is 45.6 Å². The van der Waals surface area contributed by atoms with Crippen LogP contribution in [0.5, 0.6) is 0 Å². The zero-order valence-corrected chi connectivity index (χ0v) is 12.2. The molecule has 110 valence electrons. The third-order valence-corrected chi connectivity index (χ3v) is 2.96. The molecule has 1 saturated heterocycles. The third kappa shape index (κ3) is 5.92. The van der Waals surface area contributed by atoms with E-state index in [9.17, 15) is 9.59 Å². The standard InChI is InChI=1S/C13H24N2O4/c1-13(2,3)19-12(17)15-7-5-10(6-8-15)9-11(16)14-18-4/h10H,5-9H2,1-4H3,(H,14,16). The van der Waals surface area contributed by atoms with E-state index >= 15 is 0 Å². The molecule has 0 aliphatic carbocycles. The minimum absolute atomic E-state index is 0.113. The summed E-state index contributed by atoms with van der Waals surface area (Å²) in [6, 6.07) is 0. The molecule has 1 aliphatic heterocycles. The molecule has 6 heteroatoms. The number of nitrogens with one attached hydrogen (secondary N) is 1. The second kappa shape index (κ2) is 6.75. The molecule has 0 unspecified atom stereocenters. The zero-order valence-electron chi connectivity index (χ0n) is 12.2. The molecule has 19 heavy (non-hydrogen) atoms. The van der Waals surface area contributed by atoms with Gasteiger partial charge < -0.3 is 9.64 Å². The van der Waals surface area contributed by atoms with E-state index in [1.54, 1.807) is 4.90 Å². The van der Waals surface area contributed by atoms with Crippen LogP contribution in [0.25, 0.3) is 0 Å². The quantitative estimate of drug-likeness (QED) is 0.794. The van der Waals surface area contributed by atoms with Crippen LogP contribution < -0.4 is 5.48 Å². The Hall–Kier alpha value is -1.30. The lowest BCUT2D eigenvalue weighted by Gasteiger charge is -2.33. The fourth-order valence-electron chi connectivity index (χ4n) is 2.06. The van der Waals surface area contributed by atoms with Gasteiger partial charge in [-0.2, -0.15) is 0 Å². The smallest absolute Gasteiger partial charge is 0.410 e. The zero-order chi connectivity index (χ0) is 14.5. The molecule has 1 heterocycles. The van der Waals surface area contributed by atoms with E-state index in [1.165, 1.54) is 7.11 Å². The van der Waals surface area contributed by atoms with Crippen molar-refractivity contribution in [1.29, 1.82) is 0 Å². The van der Waals surface area contributed by atoms with Crippen molar-refractivity contribution in [3.63, 3.8) is 0 Å². The van der Waals surface area contributed by atoms with Crippen molar-refractivity contribution >= 4 is 12.0 Å². The summed E-state index contributed by atoms with van der Waals surface area (Å²) < 4.78 is 5.32. The first-order valence-electron chi connectivity index (χ1n) is 6.61. The Balaban J connectivity index is 2.32. The lowest BCUT2D eigenvalue weighted by atomic mass is 9.93. The van der Waals surface area contributed by atoms with E-state index in [1.807, 2.05) is 20.8 Å². The predicted octanol–water partition coefficient (Wildman–Crippen LogP) is 1.70. The fourth-order valence-corrected chi connectivity index (χ4v) is 2.06. The van der Waals surface area contributed by atoms with Gasteiger partial charge in [-0.25, -0.2) is 10.3 Å². The normalized spacial score (nSPS) is 17.2. The number of likely N-dealkylation sites (tertiary alicyclic amines) is 1. The first kappa shape index (κ1) is 15.8. The number of hydrogen-bond acceptors (Lipinski definition) is 4. The summed E-state index contributed by atoms with van der Waals surface area (Å²) in [4.78, 5) is 29.5. The highest BCUT2D eigenvalue weighted by Crippen LogP contribution is 2.22. The van der Waals surface area contributed by atoms with Gasteiger partial charge >= 0.3 is 6.09 Å². The van der Waals surface area contributed by atoms with Crippen LogP contribution in [0, 0.1) is 5.92 Å². The Morgan fingerprint density at radius 3 is 2.32 bits per heavy atom. The molecule has 6 nitrogen and oxygen atoms in total. The van der Waals surface area contributed by atoms with Crippen molar-refractivity contribution < 1.29 is 19.2 Å². The topological polar surface area (TPSA) is 67.9 Å². The number of ether oxygens (including phenoxy) is 1. The van der Waals surface area contributed by atoms with Gasteiger partial charge in [-0.1, -0.05) is 0 Å². The molecule has 1 aliphatic rings. The third-order valence-electron chi connectivity index (χ3n) is 2.96. The van der Waals surface area contributed by atoms with Gasteiger partial charge in [-0.3, -0.25) is 9.63 Å². The van der Waals surface area contributed by atoms with Gasteiger partial charge in [0, 0.05) is 19.5 Å². The molecule has 0 atom stereocenters. The largest absolute Gasteiger partial charge is 0.444 e. The summed E-state index contributed by atoms with van der Waals surface area (Å²) in [7, 11) is 1.42. The number of amides is 2. The number of hydrogen-bond donors (Lipinski definition) is 1. The summed E-state index contributed by atoms with van der Waals surface area (Å²) in [6.07, 6.45) is 1.80. The van der Waals surface area contributed by atoms with Gasteiger partial charge in [0.1, 0.15) is 5.60 Å². The lowest BCUT2D eigenvalue weighted by Crippen LogP contribution is -2.42. The molecular weight excluding hydrogens is 248 g/mol.